The van der Waals surface area contributed by atoms with Crippen molar-refractivity contribution < 1.29 is 8.42 Å². The standard InChI is InChI=1S/C31H33N3O2S/c1-3-24-12-17-29(18-13-24)37(35,36)33-31-19-15-26-14-16-28(20-30(26)31)34(21-25-9-5-4-6-10-25)22-27-11-7-8-23(2)32-27/h4-14,16-18,20,31,33H,3,15,19,21-22H2,1-2H3. The summed E-state index contributed by atoms with van der Waals surface area (Å²) in [6, 6.07) is 29.9. The number of nitrogens with zero attached hydrogens (tertiary/aromatic N) is 2. The Balaban J connectivity index is 1.43. The number of sulfonamides is 1. The van der Waals surface area contributed by atoms with E-state index in [4.69, 9.17) is 4.98 Å². The summed E-state index contributed by atoms with van der Waals surface area (Å²) in [4.78, 5) is 7.35. The minimum Gasteiger partial charge on any atom is -0.361 e. The molecule has 1 aromatic heterocycles. The van der Waals surface area contributed by atoms with Gasteiger partial charge in [-0.1, -0.05) is 61.5 Å². The van der Waals surface area contributed by atoms with Crippen molar-refractivity contribution in [3.05, 3.63) is 125 Å². The van der Waals surface area contributed by atoms with Gasteiger partial charge in [-0.05, 0) is 84.8 Å². The molecule has 1 N–H and O–H groups in total. The smallest absolute Gasteiger partial charge is 0.241 e. The molecule has 4 aromatic rings. The fourth-order valence-corrected chi connectivity index (χ4v) is 6.24. The molecule has 5 rings (SSSR count). The third-order valence-electron chi connectivity index (χ3n) is 7.03. The highest BCUT2D eigenvalue weighted by Gasteiger charge is 2.28. The summed E-state index contributed by atoms with van der Waals surface area (Å²) in [6.07, 6.45) is 2.49. The van der Waals surface area contributed by atoms with Crippen molar-refractivity contribution in [3.8, 4) is 0 Å². The average molecular weight is 512 g/mol. The van der Waals surface area contributed by atoms with Crippen LogP contribution in [0.25, 0.3) is 0 Å². The molecule has 1 aliphatic carbocycles. The highest BCUT2D eigenvalue weighted by Crippen LogP contribution is 2.36. The predicted molar refractivity (Wildman–Crippen MR) is 149 cm³/mol. The third-order valence-corrected chi connectivity index (χ3v) is 8.51. The first-order chi connectivity index (χ1) is 17.9. The molecule has 190 valence electrons. The lowest BCUT2D eigenvalue weighted by Crippen LogP contribution is -2.28. The summed E-state index contributed by atoms with van der Waals surface area (Å²) in [5.41, 5.74) is 7.65. The molecule has 0 aliphatic heterocycles. The van der Waals surface area contributed by atoms with Crippen LogP contribution in [0.3, 0.4) is 0 Å². The molecule has 1 atom stereocenters. The van der Waals surface area contributed by atoms with Gasteiger partial charge >= 0.3 is 0 Å². The van der Waals surface area contributed by atoms with E-state index in [2.05, 4.69) is 65.1 Å². The van der Waals surface area contributed by atoms with E-state index in [-0.39, 0.29) is 6.04 Å². The van der Waals surface area contributed by atoms with E-state index in [0.29, 0.717) is 11.4 Å². The molecule has 0 radical (unpaired) electrons. The van der Waals surface area contributed by atoms with Gasteiger partial charge in [0.05, 0.1) is 17.1 Å². The van der Waals surface area contributed by atoms with Gasteiger partial charge in [0.15, 0.2) is 0 Å². The summed E-state index contributed by atoms with van der Waals surface area (Å²) in [5.74, 6) is 0. The van der Waals surface area contributed by atoms with Crippen LogP contribution < -0.4 is 9.62 Å². The summed E-state index contributed by atoms with van der Waals surface area (Å²) in [5, 5.41) is 0. The van der Waals surface area contributed by atoms with Gasteiger partial charge in [-0.2, -0.15) is 0 Å². The molecule has 3 aromatic carbocycles. The summed E-state index contributed by atoms with van der Waals surface area (Å²) < 4.78 is 29.4. The van der Waals surface area contributed by atoms with Crippen molar-refractivity contribution >= 4 is 15.7 Å². The van der Waals surface area contributed by atoms with E-state index in [1.165, 1.54) is 11.1 Å². The van der Waals surface area contributed by atoms with Gasteiger partial charge in [0, 0.05) is 24.0 Å². The van der Waals surface area contributed by atoms with Crippen LogP contribution in [0.4, 0.5) is 5.69 Å². The van der Waals surface area contributed by atoms with Crippen molar-refractivity contribution in [1.29, 1.82) is 0 Å². The zero-order chi connectivity index (χ0) is 25.8. The lowest BCUT2D eigenvalue weighted by atomic mass is 10.1. The van der Waals surface area contributed by atoms with E-state index in [1.54, 1.807) is 12.1 Å². The van der Waals surface area contributed by atoms with Crippen molar-refractivity contribution in [1.82, 2.24) is 9.71 Å². The zero-order valence-electron chi connectivity index (χ0n) is 21.4. The number of benzene rings is 3. The molecule has 0 fully saturated rings. The SMILES string of the molecule is CCc1ccc(S(=O)(=O)NC2CCc3ccc(N(Cc4ccccc4)Cc4cccc(C)n4)cc32)cc1. The maximum absolute atomic E-state index is 13.2. The van der Waals surface area contributed by atoms with Gasteiger partial charge in [0.2, 0.25) is 10.0 Å². The molecule has 0 saturated carbocycles. The number of hydrogen-bond acceptors (Lipinski definition) is 4. The van der Waals surface area contributed by atoms with E-state index in [1.807, 2.05) is 37.3 Å². The van der Waals surface area contributed by atoms with Gasteiger partial charge in [0.25, 0.3) is 0 Å². The minimum absolute atomic E-state index is 0.249. The second-order valence-electron chi connectivity index (χ2n) is 9.71. The Bertz CT molecular complexity index is 1470. The summed E-state index contributed by atoms with van der Waals surface area (Å²) in [7, 11) is -3.62. The monoisotopic (exact) mass is 511 g/mol. The van der Waals surface area contributed by atoms with Gasteiger partial charge in [-0.15, -0.1) is 0 Å². The Kier molecular flexibility index (Phi) is 7.40. The van der Waals surface area contributed by atoms with Crippen LogP contribution in [0, 0.1) is 6.92 Å². The van der Waals surface area contributed by atoms with Crippen LogP contribution in [-0.4, -0.2) is 13.4 Å². The second-order valence-corrected chi connectivity index (χ2v) is 11.4. The quantitative estimate of drug-likeness (QED) is 0.294. The van der Waals surface area contributed by atoms with Crippen molar-refractivity contribution in [3.63, 3.8) is 0 Å². The molecule has 5 nitrogen and oxygen atoms in total. The highest BCUT2D eigenvalue weighted by atomic mass is 32.2. The molecule has 1 heterocycles. The lowest BCUT2D eigenvalue weighted by Gasteiger charge is -2.26. The number of aryl methyl sites for hydroxylation is 3. The summed E-state index contributed by atoms with van der Waals surface area (Å²) >= 11 is 0. The van der Waals surface area contributed by atoms with Crippen molar-refractivity contribution in [2.24, 2.45) is 0 Å². The average Bonchev–Trinajstić information content (AvgIpc) is 3.30. The van der Waals surface area contributed by atoms with Gasteiger partial charge in [0.1, 0.15) is 0 Å². The molecule has 6 heteroatoms. The highest BCUT2D eigenvalue weighted by molar-refractivity contribution is 7.89. The van der Waals surface area contributed by atoms with E-state index >= 15 is 0 Å². The largest absolute Gasteiger partial charge is 0.361 e. The fourth-order valence-electron chi connectivity index (χ4n) is 4.99. The number of aromatic nitrogens is 1. The van der Waals surface area contributed by atoms with Crippen molar-refractivity contribution in [2.75, 3.05) is 4.90 Å². The predicted octanol–water partition coefficient (Wildman–Crippen LogP) is 6.13. The number of pyridine rings is 1. The van der Waals surface area contributed by atoms with Crippen LogP contribution in [0.2, 0.25) is 0 Å². The molecule has 0 bridgehead atoms. The zero-order valence-corrected chi connectivity index (χ0v) is 22.2. The first-order valence-electron chi connectivity index (χ1n) is 12.9. The first kappa shape index (κ1) is 25.2. The maximum Gasteiger partial charge on any atom is 0.241 e. The molecule has 0 amide bonds. The minimum atomic E-state index is -3.62. The summed E-state index contributed by atoms with van der Waals surface area (Å²) in [6.45, 7) is 5.46. The van der Waals surface area contributed by atoms with Crippen LogP contribution in [0.15, 0.2) is 95.9 Å². The van der Waals surface area contributed by atoms with E-state index < -0.39 is 10.0 Å². The van der Waals surface area contributed by atoms with Crippen LogP contribution in [-0.2, 0) is 36.0 Å². The molecule has 1 unspecified atom stereocenters. The van der Waals surface area contributed by atoms with Crippen LogP contribution >= 0.6 is 0 Å². The number of nitrogens with one attached hydrogen (secondary N) is 1. The Morgan fingerprint density at radius 3 is 2.41 bits per heavy atom. The molecular weight excluding hydrogens is 478 g/mol. The van der Waals surface area contributed by atoms with Gasteiger partial charge in [-0.25, -0.2) is 13.1 Å². The van der Waals surface area contributed by atoms with E-state index in [0.717, 1.165) is 54.0 Å². The number of anilines is 1. The fraction of sp³-hybridized carbons (Fsp3) is 0.258. The molecule has 1 aliphatic rings. The first-order valence-corrected chi connectivity index (χ1v) is 14.3. The molecular formula is C31H33N3O2S. The Hall–Kier alpha value is -3.48. The normalized spacial score (nSPS) is 14.9. The maximum atomic E-state index is 13.2. The number of fused-ring (bicyclic) bond motifs is 1. The molecule has 37 heavy (non-hydrogen) atoms. The molecule has 0 spiro atoms. The third kappa shape index (κ3) is 5.92. The van der Waals surface area contributed by atoms with Crippen LogP contribution in [0.1, 0.15) is 53.0 Å². The Labute approximate surface area is 220 Å². The molecule has 0 saturated heterocycles. The number of rotatable bonds is 9. The van der Waals surface area contributed by atoms with Gasteiger partial charge < -0.3 is 4.90 Å². The number of hydrogen-bond donors (Lipinski definition) is 1. The lowest BCUT2D eigenvalue weighted by molar-refractivity contribution is 0.554. The van der Waals surface area contributed by atoms with Crippen molar-refractivity contribution in [2.45, 2.75) is 57.1 Å². The Morgan fingerprint density at radius 2 is 1.68 bits per heavy atom. The van der Waals surface area contributed by atoms with Gasteiger partial charge in [-0.3, -0.25) is 4.98 Å². The second kappa shape index (κ2) is 10.9. The van der Waals surface area contributed by atoms with E-state index in [9.17, 15) is 8.42 Å². The topological polar surface area (TPSA) is 62.3 Å². The Morgan fingerprint density at radius 1 is 0.892 bits per heavy atom. The van der Waals surface area contributed by atoms with Crippen LogP contribution in [0.5, 0.6) is 0 Å².